The third kappa shape index (κ3) is 3.12. The van der Waals surface area contributed by atoms with Crippen LogP contribution < -0.4 is 5.32 Å². The number of hydrogen-bond donors (Lipinski definition) is 1. The van der Waals surface area contributed by atoms with Gasteiger partial charge in [0.25, 0.3) is 0 Å². The number of pyridine rings is 1. The third-order valence-corrected chi connectivity index (χ3v) is 4.05. The fourth-order valence-corrected chi connectivity index (χ4v) is 2.90. The fraction of sp³-hybridized carbons (Fsp3) is 0.438. The van der Waals surface area contributed by atoms with Crippen LogP contribution in [0.1, 0.15) is 31.2 Å². The van der Waals surface area contributed by atoms with Crippen molar-refractivity contribution in [1.29, 1.82) is 0 Å². The molecule has 110 valence electrons. The van der Waals surface area contributed by atoms with E-state index in [0.29, 0.717) is 6.54 Å². The molecule has 0 saturated heterocycles. The Bertz CT molecular complexity index is 629. The van der Waals surface area contributed by atoms with Crippen molar-refractivity contribution in [3.63, 3.8) is 0 Å². The Morgan fingerprint density at radius 2 is 2.24 bits per heavy atom. The summed E-state index contributed by atoms with van der Waals surface area (Å²) in [5, 5.41) is 7.23. The summed E-state index contributed by atoms with van der Waals surface area (Å²) in [6.07, 6.45) is 9.89. The quantitative estimate of drug-likeness (QED) is 0.937. The fourth-order valence-electron chi connectivity index (χ4n) is 2.90. The summed E-state index contributed by atoms with van der Waals surface area (Å²) in [6.45, 7) is 0.521. The van der Waals surface area contributed by atoms with E-state index in [0.717, 1.165) is 29.7 Å². The molecule has 1 aliphatic rings. The van der Waals surface area contributed by atoms with Gasteiger partial charge in [-0.3, -0.25) is 14.5 Å². The van der Waals surface area contributed by atoms with E-state index in [1.54, 1.807) is 17.1 Å². The molecular formula is C16H20N4O. The molecule has 1 fully saturated rings. The van der Waals surface area contributed by atoms with E-state index in [2.05, 4.69) is 15.4 Å². The van der Waals surface area contributed by atoms with Gasteiger partial charge in [0.05, 0.1) is 11.9 Å². The van der Waals surface area contributed by atoms with Crippen LogP contribution in [0.15, 0.2) is 30.7 Å². The Morgan fingerprint density at radius 1 is 1.43 bits per heavy atom. The van der Waals surface area contributed by atoms with Gasteiger partial charge < -0.3 is 5.32 Å². The van der Waals surface area contributed by atoms with Crippen LogP contribution in [0.25, 0.3) is 11.3 Å². The van der Waals surface area contributed by atoms with Gasteiger partial charge >= 0.3 is 0 Å². The largest absolute Gasteiger partial charge is 0.352 e. The molecule has 0 aromatic carbocycles. The number of carbonyl (C=O) groups excluding carboxylic acids is 1. The number of hydrogen-bond acceptors (Lipinski definition) is 3. The topological polar surface area (TPSA) is 59.8 Å². The van der Waals surface area contributed by atoms with Crippen molar-refractivity contribution in [2.24, 2.45) is 13.0 Å². The van der Waals surface area contributed by atoms with E-state index in [9.17, 15) is 4.79 Å². The molecule has 0 spiro atoms. The normalized spacial score (nSPS) is 15.3. The molecule has 2 heterocycles. The van der Waals surface area contributed by atoms with Crippen LogP contribution in [-0.4, -0.2) is 20.7 Å². The zero-order chi connectivity index (χ0) is 14.7. The van der Waals surface area contributed by atoms with Gasteiger partial charge in [0, 0.05) is 37.5 Å². The Morgan fingerprint density at radius 3 is 2.95 bits per heavy atom. The number of amides is 1. The van der Waals surface area contributed by atoms with E-state index in [-0.39, 0.29) is 11.8 Å². The van der Waals surface area contributed by atoms with Crippen molar-refractivity contribution in [3.05, 3.63) is 36.3 Å². The van der Waals surface area contributed by atoms with Gasteiger partial charge in [-0.1, -0.05) is 18.9 Å². The minimum absolute atomic E-state index is 0.175. The molecule has 0 atom stereocenters. The minimum atomic E-state index is 0.175. The number of nitrogens with zero attached hydrogens (tertiary/aromatic N) is 3. The maximum atomic E-state index is 12.1. The highest BCUT2D eigenvalue weighted by molar-refractivity contribution is 5.79. The summed E-state index contributed by atoms with van der Waals surface area (Å²) < 4.78 is 1.75. The molecule has 21 heavy (non-hydrogen) atoms. The van der Waals surface area contributed by atoms with E-state index in [1.165, 1.54) is 12.8 Å². The van der Waals surface area contributed by atoms with Crippen LogP contribution in [0.2, 0.25) is 0 Å². The predicted octanol–water partition coefficient (Wildman–Crippen LogP) is 2.29. The van der Waals surface area contributed by atoms with Crippen LogP contribution in [0, 0.1) is 5.92 Å². The van der Waals surface area contributed by atoms with E-state index < -0.39 is 0 Å². The van der Waals surface area contributed by atoms with E-state index in [1.807, 2.05) is 25.4 Å². The van der Waals surface area contributed by atoms with E-state index in [4.69, 9.17) is 0 Å². The Balaban J connectivity index is 1.72. The standard InChI is InChI=1S/C16H20N4O/c1-20-11-14(10-19-20)15-13(7-4-8-17-15)9-18-16(21)12-5-2-3-6-12/h4,7-8,10-12H,2-3,5-6,9H2,1H3,(H,18,21). The Kier molecular flexibility index (Phi) is 3.99. The summed E-state index contributed by atoms with van der Waals surface area (Å²) in [5.74, 6) is 0.372. The van der Waals surface area contributed by atoms with Gasteiger partial charge in [0.15, 0.2) is 0 Å². The first-order valence-electron chi connectivity index (χ1n) is 7.44. The molecule has 1 saturated carbocycles. The molecule has 1 N–H and O–H groups in total. The monoisotopic (exact) mass is 284 g/mol. The van der Waals surface area contributed by atoms with Crippen molar-refractivity contribution >= 4 is 5.91 Å². The maximum Gasteiger partial charge on any atom is 0.223 e. The zero-order valence-corrected chi connectivity index (χ0v) is 12.2. The van der Waals surface area contributed by atoms with Gasteiger partial charge in [0.1, 0.15) is 0 Å². The van der Waals surface area contributed by atoms with Crippen LogP contribution in [-0.2, 0) is 18.4 Å². The number of nitrogens with one attached hydrogen (secondary N) is 1. The zero-order valence-electron chi connectivity index (χ0n) is 12.2. The molecular weight excluding hydrogens is 264 g/mol. The first-order valence-corrected chi connectivity index (χ1v) is 7.44. The van der Waals surface area contributed by atoms with Gasteiger partial charge in [-0.15, -0.1) is 0 Å². The maximum absolute atomic E-state index is 12.1. The predicted molar refractivity (Wildman–Crippen MR) is 80.2 cm³/mol. The lowest BCUT2D eigenvalue weighted by atomic mass is 10.1. The lowest BCUT2D eigenvalue weighted by Crippen LogP contribution is -2.29. The van der Waals surface area contributed by atoms with Gasteiger partial charge in [-0.25, -0.2) is 0 Å². The molecule has 2 aromatic heterocycles. The van der Waals surface area contributed by atoms with Crippen LogP contribution in [0.5, 0.6) is 0 Å². The highest BCUT2D eigenvalue weighted by Crippen LogP contribution is 2.25. The van der Waals surface area contributed by atoms with Gasteiger partial charge in [0.2, 0.25) is 5.91 Å². The molecule has 1 aliphatic carbocycles. The number of aryl methyl sites for hydroxylation is 1. The summed E-state index contributed by atoms with van der Waals surface area (Å²) in [6, 6.07) is 3.90. The summed E-state index contributed by atoms with van der Waals surface area (Å²) in [7, 11) is 1.88. The van der Waals surface area contributed by atoms with Crippen molar-refractivity contribution in [3.8, 4) is 11.3 Å². The second-order valence-corrected chi connectivity index (χ2v) is 5.61. The third-order valence-electron chi connectivity index (χ3n) is 4.05. The molecule has 0 radical (unpaired) electrons. The molecule has 0 aliphatic heterocycles. The summed E-state index contributed by atoms with van der Waals surface area (Å²) in [5.41, 5.74) is 2.89. The smallest absolute Gasteiger partial charge is 0.223 e. The van der Waals surface area contributed by atoms with Crippen molar-refractivity contribution in [2.75, 3.05) is 0 Å². The molecule has 1 amide bonds. The second kappa shape index (κ2) is 6.08. The van der Waals surface area contributed by atoms with E-state index >= 15 is 0 Å². The lowest BCUT2D eigenvalue weighted by molar-refractivity contribution is -0.124. The Labute approximate surface area is 124 Å². The van der Waals surface area contributed by atoms with Crippen molar-refractivity contribution in [1.82, 2.24) is 20.1 Å². The molecule has 5 nitrogen and oxygen atoms in total. The highest BCUT2D eigenvalue weighted by Gasteiger charge is 2.22. The molecule has 0 bridgehead atoms. The average Bonchev–Trinajstić information content (AvgIpc) is 3.16. The van der Waals surface area contributed by atoms with Crippen molar-refractivity contribution < 1.29 is 4.79 Å². The van der Waals surface area contributed by atoms with Crippen LogP contribution >= 0.6 is 0 Å². The minimum Gasteiger partial charge on any atom is -0.352 e. The summed E-state index contributed by atoms with van der Waals surface area (Å²) >= 11 is 0. The molecule has 3 rings (SSSR count). The van der Waals surface area contributed by atoms with Crippen LogP contribution in [0.4, 0.5) is 0 Å². The molecule has 2 aromatic rings. The van der Waals surface area contributed by atoms with Gasteiger partial charge in [-0.2, -0.15) is 5.10 Å². The number of rotatable bonds is 4. The summed E-state index contributed by atoms with van der Waals surface area (Å²) in [4.78, 5) is 16.6. The molecule has 0 unspecified atom stereocenters. The van der Waals surface area contributed by atoms with Crippen LogP contribution in [0.3, 0.4) is 0 Å². The number of carbonyl (C=O) groups is 1. The first-order chi connectivity index (χ1) is 10.2. The SMILES string of the molecule is Cn1cc(-c2ncccc2CNC(=O)C2CCCC2)cn1. The number of aromatic nitrogens is 3. The lowest BCUT2D eigenvalue weighted by Gasteiger charge is -2.12. The second-order valence-electron chi connectivity index (χ2n) is 5.61. The average molecular weight is 284 g/mol. The van der Waals surface area contributed by atoms with Gasteiger partial charge in [-0.05, 0) is 24.5 Å². The highest BCUT2D eigenvalue weighted by atomic mass is 16.1. The van der Waals surface area contributed by atoms with Crippen molar-refractivity contribution in [2.45, 2.75) is 32.2 Å². The Hall–Kier alpha value is -2.17. The molecule has 5 heteroatoms. The first kappa shape index (κ1) is 13.8.